The van der Waals surface area contributed by atoms with Gasteiger partial charge in [-0.1, -0.05) is 23.9 Å². The molecule has 3 rings (SSSR count). The van der Waals surface area contributed by atoms with Crippen LogP contribution in [0.2, 0.25) is 0 Å². The van der Waals surface area contributed by atoms with E-state index in [1.165, 1.54) is 35.2 Å². The molecule has 0 aliphatic carbocycles. The molecule has 2 aromatic heterocycles. The summed E-state index contributed by atoms with van der Waals surface area (Å²) in [4.78, 5) is 25.2. The smallest absolute Gasteiger partial charge is 0.236 e. The van der Waals surface area contributed by atoms with Crippen molar-refractivity contribution in [3.05, 3.63) is 65.2 Å². The number of carbonyl (C=O) groups excluding carboxylic acids is 1. The Hall–Kier alpha value is -2.32. The van der Waals surface area contributed by atoms with Crippen molar-refractivity contribution in [3.8, 4) is 0 Å². The Morgan fingerprint density at radius 2 is 1.92 bits per heavy atom. The number of rotatable bonds is 6. The summed E-state index contributed by atoms with van der Waals surface area (Å²) < 4.78 is 12.9. The minimum absolute atomic E-state index is 0.157. The van der Waals surface area contributed by atoms with Crippen molar-refractivity contribution in [3.63, 3.8) is 0 Å². The standard InChI is InChI=1S/C16H13FN4OS2/c17-12-4-2-11(3-5-12)8-13-9-20-16(24-13)21-14(22)10-23-15-18-6-1-7-19-15/h1-7,9H,8,10H2,(H,20,21,22). The second-order valence-corrected chi connectivity index (χ2v) is 6.86. The van der Waals surface area contributed by atoms with Gasteiger partial charge in [0.05, 0.1) is 5.75 Å². The lowest BCUT2D eigenvalue weighted by Gasteiger charge is -2.00. The Bertz CT molecular complexity index is 808. The summed E-state index contributed by atoms with van der Waals surface area (Å²) in [6.07, 6.45) is 5.64. The van der Waals surface area contributed by atoms with Gasteiger partial charge in [0.25, 0.3) is 0 Å². The molecule has 0 fully saturated rings. The van der Waals surface area contributed by atoms with E-state index in [9.17, 15) is 9.18 Å². The third-order valence-electron chi connectivity index (χ3n) is 2.97. The van der Waals surface area contributed by atoms with E-state index in [0.29, 0.717) is 16.7 Å². The Kier molecular flexibility index (Phi) is 5.50. The number of anilines is 1. The zero-order valence-corrected chi connectivity index (χ0v) is 14.1. The molecular formula is C16H13FN4OS2. The Balaban J connectivity index is 1.51. The highest BCUT2D eigenvalue weighted by molar-refractivity contribution is 7.99. The highest BCUT2D eigenvalue weighted by Crippen LogP contribution is 2.22. The van der Waals surface area contributed by atoms with E-state index in [1.807, 2.05) is 0 Å². The molecule has 0 atom stereocenters. The topological polar surface area (TPSA) is 67.8 Å². The lowest BCUT2D eigenvalue weighted by molar-refractivity contribution is -0.113. The molecule has 2 heterocycles. The van der Waals surface area contributed by atoms with Crippen molar-refractivity contribution in [1.29, 1.82) is 0 Å². The van der Waals surface area contributed by atoms with E-state index >= 15 is 0 Å². The largest absolute Gasteiger partial charge is 0.301 e. The fourth-order valence-electron chi connectivity index (χ4n) is 1.90. The second-order valence-electron chi connectivity index (χ2n) is 4.80. The summed E-state index contributed by atoms with van der Waals surface area (Å²) in [5.41, 5.74) is 0.995. The van der Waals surface area contributed by atoms with Crippen LogP contribution in [0.4, 0.5) is 9.52 Å². The van der Waals surface area contributed by atoms with Crippen molar-refractivity contribution in [2.24, 2.45) is 0 Å². The van der Waals surface area contributed by atoms with Gasteiger partial charge < -0.3 is 5.32 Å². The molecule has 0 aliphatic heterocycles. The van der Waals surface area contributed by atoms with Crippen LogP contribution in [-0.4, -0.2) is 26.6 Å². The molecule has 0 saturated carbocycles. The van der Waals surface area contributed by atoms with Crippen molar-refractivity contribution in [1.82, 2.24) is 15.0 Å². The molecule has 1 aromatic carbocycles. The van der Waals surface area contributed by atoms with Crippen LogP contribution in [0.3, 0.4) is 0 Å². The van der Waals surface area contributed by atoms with Gasteiger partial charge in [-0.05, 0) is 23.8 Å². The van der Waals surface area contributed by atoms with E-state index in [0.717, 1.165) is 10.4 Å². The van der Waals surface area contributed by atoms with Gasteiger partial charge in [-0.3, -0.25) is 4.79 Å². The fraction of sp³-hybridized carbons (Fsp3) is 0.125. The van der Waals surface area contributed by atoms with Gasteiger partial charge in [-0.15, -0.1) is 11.3 Å². The van der Waals surface area contributed by atoms with Gasteiger partial charge in [0.15, 0.2) is 10.3 Å². The summed E-state index contributed by atoms with van der Waals surface area (Å²) >= 11 is 2.67. The number of halogens is 1. The van der Waals surface area contributed by atoms with Crippen LogP contribution < -0.4 is 5.32 Å². The first-order chi connectivity index (χ1) is 11.7. The third kappa shape index (κ3) is 4.84. The summed E-state index contributed by atoms with van der Waals surface area (Å²) in [5, 5.41) is 3.87. The van der Waals surface area contributed by atoms with Crippen molar-refractivity contribution < 1.29 is 9.18 Å². The Labute approximate surface area is 146 Å². The summed E-state index contributed by atoms with van der Waals surface area (Å²) in [5.74, 6) is -0.192. The highest BCUT2D eigenvalue weighted by Gasteiger charge is 2.09. The van der Waals surface area contributed by atoms with E-state index in [-0.39, 0.29) is 17.5 Å². The van der Waals surface area contributed by atoms with E-state index in [2.05, 4.69) is 20.3 Å². The van der Waals surface area contributed by atoms with Gasteiger partial charge in [-0.25, -0.2) is 19.3 Å². The van der Waals surface area contributed by atoms with Gasteiger partial charge >= 0.3 is 0 Å². The molecule has 24 heavy (non-hydrogen) atoms. The number of aromatic nitrogens is 3. The lowest BCUT2D eigenvalue weighted by atomic mass is 10.1. The predicted molar refractivity (Wildman–Crippen MR) is 92.7 cm³/mol. The minimum atomic E-state index is -0.254. The number of benzene rings is 1. The zero-order chi connectivity index (χ0) is 16.8. The quantitative estimate of drug-likeness (QED) is 0.539. The summed E-state index contributed by atoms with van der Waals surface area (Å²) in [6, 6.07) is 8.07. The summed E-state index contributed by atoms with van der Waals surface area (Å²) in [7, 11) is 0. The maximum atomic E-state index is 12.9. The van der Waals surface area contributed by atoms with Gasteiger partial charge in [0.1, 0.15) is 5.82 Å². The first kappa shape index (κ1) is 16.5. The van der Waals surface area contributed by atoms with Crippen LogP contribution in [0.15, 0.2) is 54.1 Å². The zero-order valence-electron chi connectivity index (χ0n) is 12.5. The number of hydrogen-bond acceptors (Lipinski definition) is 6. The number of hydrogen-bond donors (Lipinski definition) is 1. The molecular weight excluding hydrogens is 347 g/mol. The average Bonchev–Trinajstić information content (AvgIpc) is 3.03. The molecule has 8 heteroatoms. The normalized spacial score (nSPS) is 10.5. The number of carbonyl (C=O) groups is 1. The van der Waals surface area contributed by atoms with Crippen LogP contribution in [0.5, 0.6) is 0 Å². The number of nitrogens with zero attached hydrogens (tertiary/aromatic N) is 3. The second kappa shape index (κ2) is 7.98. The highest BCUT2D eigenvalue weighted by atomic mass is 32.2. The van der Waals surface area contributed by atoms with Crippen LogP contribution in [-0.2, 0) is 11.2 Å². The van der Waals surface area contributed by atoms with Crippen molar-refractivity contribution in [2.45, 2.75) is 11.6 Å². The van der Waals surface area contributed by atoms with E-state index in [1.54, 1.807) is 36.8 Å². The van der Waals surface area contributed by atoms with E-state index in [4.69, 9.17) is 0 Å². The third-order valence-corrected chi connectivity index (χ3v) is 4.75. The number of thiazole rings is 1. The van der Waals surface area contributed by atoms with Gasteiger partial charge in [0.2, 0.25) is 5.91 Å². The molecule has 0 unspecified atom stereocenters. The first-order valence-corrected chi connectivity index (χ1v) is 8.88. The van der Waals surface area contributed by atoms with Gasteiger partial charge in [-0.2, -0.15) is 0 Å². The molecule has 0 spiro atoms. The molecule has 1 amide bonds. The van der Waals surface area contributed by atoms with Gasteiger partial charge in [0, 0.05) is 29.9 Å². The van der Waals surface area contributed by atoms with Crippen LogP contribution >= 0.6 is 23.1 Å². The maximum absolute atomic E-state index is 12.9. The molecule has 3 aromatic rings. The number of thioether (sulfide) groups is 1. The lowest BCUT2D eigenvalue weighted by Crippen LogP contribution is -2.13. The molecule has 0 radical (unpaired) electrons. The number of amides is 1. The maximum Gasteiger partial charge on any atom is 0.236 e. The molecule has 0 aliphatic rings. The SMILES string of the molecule is O=C(CSc1ncccn1)Nc1ncc(Cc2ccc(F)cc2)s1. The monoisotopic (exact) mass is 360 g/mol. The van der Waals surface area contributed by atoms with Crippen molar-refractivity contribution in [2.75, 3.05) is 11.1 Å². The Morgan fingerprint density at radius 1 is 1.17 bits per heavy atom. The molecule has 5 nitrogen and oxygen atoms in total. The van der Waals surface area contributed by atoms with E-state index < -0.39 is 0 Å². The first-order valence-electron chi connectivity index (χ1n) is 7.08. The molecule has 0 saturated heterocycles. The fourth-order valence-corrected chi connectivity index (χ4v) is 3.36. The predicted octanol–water partition coefficient (Wildman–Crippen LogP) is 3.39. The average molecular weight is 360 g/mol. The van der Waals surface area contributed by atoms with Crippen molar-refractivity contribution >= 4 is 34.1 Å². The van der Waals surface area contributed by atoms with Crippen LogP contribution in [0.1, 0.15) is 10.4 Å². The van der Waals surface area contributed by atoms with Crippen LogP contribution in [0.25, 0.3) is 0 Å². The summed E-state index contributed by atoms with van der Waals surface area (Å²) in [6.45, 7) is 0. The molecule has 1 N–H and O–H groups in total. The number of nitrogens with one attached hydrogen (secondary N) is 1. The molecule has 0 bridgehead atoms. The minimum Gasteiger partial charge on any atom is -0.301 e. The Morgan fingerprint density at radius 3 is 2.67 bits per heavy atom. The van der Waals surface area contributed by atoms with Crippen LogP contribution in [0, 0.1) is 5.82 Å². The molecule has 122 valence electrons.